The Morgan fingerprint density at radius 1 is 1.28 bits per heavy atom. The standard InChI is InChI=1S/C21H35N5O2.HI/c1-4-17(2)23-21(22-10-9-18-7-6-16-28-18)26-14-12-25(13-15-26)20(27)19-8-5-11-24(19)3;/h6-7,16-17,19H,4-5,8-15H2,1-3H3,(H,22,23);1H. The lowest BCUT2D eigenvalue weighted by Crippen LogP contribution is -2.57. The fourth-order valence-corrected chi connectivity index (χ4v) is 3.86. The van der Waals surface area contributed by atoms with Crippen LogP contribution < -0.4 is 5.32 Å². The van der Waals surface area contributed by atoms with E-state index in [1.807, 2.05) is 17.0 Å². The maximum Gasteiger partial charge on any atom is 0.240 e. The minimum atomic E-state index is 0. The van der Waals surface area contributed by atoms with E-state index in [1.165, 1.54) is 0 Å². The zero-order valence-electron chi connectivity index (χ0n) is 18.0. The van der Waals surface area contributed by atoms with E-state index < -0.39 is 0 Å². The molecule has 1 N–H and O–H groups in total. The number of amides is 1. The number of carbonyl (C=O) groups excluding carboxylic acids is 1. The number of rotatable bonds is 6. The van der Waals surface area contributed by atoms with E-state index in [0.717, 1.165) is 70.1 Å². The molecule has 0 aliphatic carbocycles. The average Bonchev–Trinajstić information content (AvgIpc) is 3.38. The second-order valence-electron chi connectivity index (χ2n) is 7.94. The number of guanidine groups is 1. The van der Waals surface area contributed by atoms with Gasteiger partial charge in [-0.05, 0) is 51.9 Å². The molecule has 0 spiro atoms. The number of nitrogens with zero attached hydrogens (tertiary/aromatic N) is 4. The van der Waals surface area contributed by atoms with E-state index in [-0.39, 0.29) is 30.0 Å². The molecule has 0 aromatic carbocycles. The van der Waals surface area contributed by atoms with E-state index in [2.05, 4.69) is 36.0 Å². The predicted molar refractivity (Wildman–Crippen MR) is 127 cm³/mol. The summed E-state index contributed by atoms with van der Waals surface area (Å²) in [6.45, 7) is 9.26. The van der Waals surface area contributed by atoms with Crippen molar-refractivity contribution in [3.05, 3.63) is 24.2 Å². The van der Waals surface area contributed by atoms with Crippen LogP contribution in [0, 0.1) is 0 Å². The molecule has 2 aliphatic heterocycles. The molecule has 29 heavy (non-hydrogen) atoms. The Kier molecular flexibility index (Phi) is 9.74. The average molecular weight is 517 g/mol. The number of likely N-dealkylation sites (N-methyl/N-ethyl adjacent to an activating group) is 1. The highest BCUT2D eigenvalue weighted by Gasteiger charge is 2.33. The Balaban J connectivity index is 0.00000300. The van der Waals surface area contributed by atoms with Crippen LogP contribution in [0.2, 0.25) is 0 Å². The van der Waals surface area contributed by atoms with Crippen molar-refractivity contribution >= 4 is 35.8 Å². The van der Waals surface area contributed by atoms with Gasteiger partial charge in [-0.15, -0.1) is 24.0 Å². The maximum atomic E-state index is 12.8. The fraction of sp³-hybridized carbons (Fsp3) is 0.714. The summed E-state index contributed by atoms with van der Waals surface area (Å²) in [5.41, 5.74) is 0. The molecule has 7 nitrogen and oxygen atoms in total. The quantitative estimate of drug-likeness (QED) is 0.357. The number of hydrogen-bond donors (Lipinski definition) is 1. The van der Waals surface area contributed by atoms with Gasteiger partial charge in [0.1, 0.15) is 5.76 Å². The number of piperazine rings is 1. The van der Waals surface area contributed by atoms with Crippen LogP contribution in [0.3, 0.4) is 0 Å². The smallest absolute Gasteiger partial charge is 0.240 e. The van der Waals surface area contributed by atoms with Crippen molar-refractivity contribution in [2.75, 3.05) is 46.3 Å². The van der Waals surface area contributed by atoms with Gasteiger partial charge in [0.2, 0.25) is 5.91 Å². The number of furan rings is 1. The number of aliphatic imine (C=N–C) groups is 1. The lowest BCUT2D eigenvalue weighted by atomic mass is 10.1. The first-order valence-electron chi connectivity index (χ1n) is 10.7. The van der Waals surface area contributed by atoms with Gasteiger partial charge >= 0.3 is 0 Å². The minimum absolute atomic E-state index is 0. The van der Waals surface area contributed by atoms with Gasteiger partial charge in [-0.1, -0.05) is 6.92 Å². The molecule has 2 fully saturated rings. The fourth-order valence-electron chi connectivity index (χ4n) is 3.86. The highest BCUT2D eigenvalue weighted by molar-refractivity contribution is 14.0. The van der Waals surface area contributed by atoms with Gasteiger partial charge in [0.05, 0.1) is 12.3 Å². The van der Waals surface area contributed by atoms with Crippen molar-refractivity contribution in [1.82, 2.24) is 20.0 Å². The van der Waals surface area contributed by atoms with Gasteiger partial charge in [0.15, 0.2) is 5.96 Å². The Bertz CT molecular complexity index is 644. The van der Waals surface area contributed by atoms with Crippen LogP contribution >= 0.6 is 24.0 Å². The molecule has 2 unspecified atom stereocenters. The summed E-state index contributed by atoms with van der Waals surface area (Å²) in [6.07, 6.45) is 5.66. The van der Waals surface area contributed by atoms with Crippen LogP contribution in [0.1, 0.15) is 38.9 Å². The third-order valence-electron chi connectivity index (χ3n) is 5.88. The first-order valence-corrected chi connectivity index (χ1v) is 10.7. The SMILES string of the molecule is CCC(C)NC(=NCCc1ccco1)N1CCN(C(=O)C2CCCN2C)CC1.I. The second-order valence-corrected chi connectivity index (χ2v) is 7.94. The molecule has 3 heterocycles. The van der Waals surface area contributed by atoms with Gasteiger partial charge < -0.3 is 19.5 Å². The van der Waals surface area contributed by atoms with Crippen molar-refractivity contribution in [2.45, 2.75) is 51.6 Å². The molecule has 1 aromatic heterocycles. The molecule has 1 amide bonds. The van der Waals surface area contributed by atoms with Crippen LogP contribution in [-0.2, 0) is 11.2 Å². The number of nitrogens with one attached hydrogen (secondary N) is 1. The summed E-state index contributed by atoms with van der Waals surface area (Å²) in [6, 6.07) is 4.34. The molecule has 164 valence electrons. The highest BCUT2D eigenvalue weighted by Crippen LogP contribution is 2.18. The van der Waals surface area contributed by atoms with Crippen molar-refractivity contribution in [3.63, 3.8) is 0 Å². The topological polar surface area (TPSA) is 64.3 Å². The zero-order valence-corrected chi connectivity index (χ0v) is 20.3. The molecular weight excluding hydrogens is 481 g/mol. The van der Waals surface area contributed by atoms with Gasteiger partial charge in [0, 0.05) is 45.2 Å². The normalized spacial score (nSPS) is 21.8. The predicted octanol–water partition coefficient (Wildman–Crippen LogP) is 2.42. The molecule has 3 rings (SSSR count). The monoisotopic (exact) mass is 517 g/mol. The summed E-state index contributed by atoms with van der Waals surface area (Å²) in [4.78, 5) is 24.2. The lowest BCUT2D eigenvalue weighted by Gasteiger charge is -2.38. The van der Waals surface area contributed by atoms with Crippen molar-refractivity contribution in [1.29, 1.82) is 0 Å². The van der Waals surface area contributed by atoms with Crippen LogP contribution in [-0.4, -0.2) is 85.0 Å². The lowest BCUT2D eigenvalue weighted by molar-refractivity contribution is -0.136. The Hall–Kier alpha value is -1.29. The summed E-state index contributed by atoms with van der Waals surface area (Å²) in [5.74, 6) is 2.21. The molecular formula is C21H36IN5O2. The highest BCUT2D eigenvalue weighted by atomic mass is 127. The van der Waals surface area contributed by atoms with Gasteiger partial charge in [-0.3, -0.25) is 14.7 Å². The first kappa shape index (κ1) is 24.0. The summed E-state index contributed by atoms with van der Waals surface area (Å²) < 4.78 is 5.41. The molecule has 0 radical (unpaired) electrons. The molecule has 2 atom stereocenters. The first-order chi connectivity index (χ1) is 13.6. The minimum Gasteiger partial charge on any atom is -0.469 e. The number of likely N-dealkylation sites (tertiary alicyclic amines) is 1. The van der Waals surface area contributed by atoms with Crippen molar-refractivity contribution in [2.24, 2.45) is 4.99 Å². The second kappa shape index (κ2) is 11.8. The van der Waals surface area contributed by atoms with E-state index >= 15 is 0 Å². The molecule has 8 heteroatoms. The zero-order chi connectivity index (χ0) is 19.9. The number of hydrogen-bond acceptors (Lipinski definition) is 4. The van der Waals surface area contributed by atoms with Crippen molar-refractivity contribution < 1.29 is 9.21 Å². The van der Waals surface area contributed by atoms with Gasteiger partial charge in [-0.2, -0.15) is 0 Å². The van der Waals surface area contributed by atoms with E-state index in [4.69, 9.17) is 9.41 Å². The Morgan fingerprint density at radius 2 is 2.00 bits per heavy atom. The Labute approximate surface area is 191 Å². The largest absolute Gasteiger partial charge is 0.469 e. The van der Waals surface area contributed by atoms with Crippen LogP contribution in [0.15, 0.2) is 27.8 Å². The summed E-state index contributed by atoms with van der Waals surface area (Å²) in [7, 11) is 2.06. The van der Waals surface area contributed by atoms with Crippen LogP contribution in [0.4, 0.5) is 0 Å². The molecule has 2 aliphatic rings. The van der Waals surface area contributed by atoms with E-state index in [1.54, 1.807) is 6.26 Å². The van der Waals surface area contributed by atoms with Gasteiger partial charge in [-0.25, -0.2) is 0 Å². The molecule has 0 saturated carbocycles. The van der Waals surface area contributed by atoms with E-state index in [0.29, 0.717) is 18.5 Å². The van der Waals surface area contributed by atoms with Crippen molar-refractivity contribution in [3.8, 4) is 0 Å². The number of halogens is 1. The molecule has 2 saturated heterocycles. The third kappa shape index (κ3) is 6.60. The Morgan fingerprint density at radius 3 is 2.59 bits per heavy atom. The summed E-state index contributed by atoms with van der Waals surface area (Å²) >= 11 is 0. The number of carbonyl (C=O) groups is 1. The maximum absolute atomic E-state index is 12.8. The van der Waals surface area contributed by atoms with Crippen LogP contribution in [0.25, 0.3) is 0 Å². The van der Waals surface area contributed by atoms with Crippen LogP contribution in [0.5, 0.6) is 0 Å². The van der Waals surface area contributed by atoms with Gasteiger partial charge in [0.25, 0.3) is 0 Å². The third-order valence-corrected chi connectivity index (χ3v) is 5.88. The van der Waals surface area contributed by atoms with E-state index in [9.17, 15) is 4.79 Å². The summed E-state index contributed by atoms with van der Waals surface area (Å²) in [5, 5.41) is 3.56. The molecule has 0 bridgehead atoms. The molecule has 1 aromatic rings.